The average molecular weight is 377 g/mol. The van der Waals surface area contributed by atoms with Crippen molar-refractivity contribution in [3.05, 3.63) is 71.3 Å². The molecule has 4 heteroatoms. The summed E-state index contributed by atoms with van der Waals surface area (Å²) in [6.45, 7) is 4.00. The predicted molar refractivity (Wildman–Crippen MR) is 110 cm³/mol. The zero-order valence-electron chi connectivity index (χ0n) is 16.8. The molecule has 2 aromatic carbocycles. The number of aryl methyl sites for hydroxylation is 1. The first-order chi connectivity index (χ1) is 13.5. The summed E-state index contributed by atoms with van der Waals surface area (Å²) in [5.41, 5.74) is 2.86. The fraction of sp³-hybridized carbons (Fsp3) is 0.417. The topological polar surface area (TPSA) is 69.5 Å². The van der Waals surface area contributed by atoms with Crippen LogP contribution in [0.5, 0.6) is 0 Å². The molecule has 3 N–H and O–H groups in total. The molecule has 1 aliphatic carbocycles. The van der Waals surface area contributed by atoms with Gasteiger partial charge in [0.25, 0.3) is 5.91 Å². The highest BCUT2D eigenvalue weighted by molar-refractivity contribution is 5.81. The van der Waals surface area contributed by atoms with Gasteiger partial charge in [0.2, 0.25) is 0 Å². The number of carbonyl (C=O) groups excluding carboxylic acids is 1. The molecule has 0 aliphatic heterocycles. The maximum Gasteiger partial charge on any atom is 0.279 e. The van der Waals surface area contributed by atoms with Gasteiger partial charge >= 0.3 is 0 Å². The molecule has 1 amide bonds. The number of benzene rings is 2. The lowest BCUT2D eigenvalue weighted by atomic mass is 9.82. The first-order valence-electron chi connectivity index (χ1n) is 10.2. The number of rotatable bonds is 6. The Labute approximate surface area is 168 Å². The standard InChI is InChI=1S/C24H29N3O/c1-18-11-13-21(14-12-18)22(20-9-5-3-6-10-20)26-19(2)23(28)27-24(17-25)15-7-4-8-16-24/h3,5-6,9-14,19,22,26H,4,7-8,15-16H2,1-2H3,(H,27,28)/p+1/t19-,22+/m0/s1. The van der Waals surface area contributed by atoms with Crippen molar-refractivity contribution in [3.8, 4) is 6.07 Å². The lowest BCUT2D eigenvalue weighted by Gasteiger charge is -2.32. The second-order valence-corrected chi connectivity index (χ2v) is 8.02. The van der Waals surface area contributed by atoms with Crippen molar-refractivity contribution in [2.45, 2.75) is 63.6 Å². The highest BCUT2D eigenvalue weighted by Gasteiger charge is 2.36. The Kier molecular flexibility index (Phi) is 6.49. The molecule has 0 spiro atoms. The van der Waals surface area contributed by atoms with Gasteiger partial charge in [-0.1, -0.05) is 79.4 Å². The van der Waals surface area contributed by atoms with Gasteiger partial charge in [-0.3, -0.25) is 4.79 Å². The monoisotopic (exact) mass is 376 g/mol. The first kappa shape index (κ1) is 20.1. The summed E-state index contributed by atoms with van der Waals surface area (Å²) in [4.78, 5) is 12.9. The average Bonchev–Trinajstić information content (AvgIpc) is 2.74. The number of hydrogen-bond donors (Lipinski definition) is 2. The summed E-state index contributed by atoms with van der Waals surface area (Å²) in [7, 11) is 0. The Hall–Kier alpha value is -2.64. The molecule has 146 valence electrons. The quantitative estimate of drug-likeness (QED) is 0.811. The number of quaternary nitrogens is 1. The van der Waals surface area contributed by atoms with Gasteiger partial charge in [0.15, 0.2) is 6.04 Å². The molecule has 1 saturated carbocycles. The number of nitrogens with one attached hydrogen (secondary N) is 1. The zero-order valence-corrected chi connectivity index (χ0v) is 16.8. The maximum absolute atomic E-state index is 12.9. The van der Waals surface area contributed by atoms with Gasteiger partial charge in [-0.2, -0.15) is 5.26 Å². The minimum absolute atomic E-state index is 0.0342. The van der Waals surface area contributed by atoms with E-state index < -0.39 is 5.54 Å². The van der Waals surface area contributed by atoms with Crippen molar-refractivity contribution in [2.24, 2.45) is 0 Å². The Morgan fingerprint density at radius 3 is 2.25 bits per heavy atom. The van der Waals surface area contributed by atoms with E-state index in [4.69, 9.17) is 0 Å². The predicted octanol–water partition coefficient (Wildman–Crippen LogP) is 3.38. The van der Waals surface area contributed by atoms with Crippen LogP contribution >= 0.6 is 0 Å². The highest BCUT2D eigenvalue weighted by atomic mass is 16.2. The molecule has 2 aromatic rings. The number of hydrogen-bond acceptors (Lipinski definition) is 2. The fourth-order valence-electron chi connectivity index (χ4n) is 3.99. The van der Waals surface area contributed by atoms with Crippen molar-refractivity contribution < 1.29 is 10.1 Å². The van der Waals surface area contributed by atoms with Crippen LogP contribution in [0.15, 0.2) is 54.6 Å². The van der Waals surface area contributed by atoms with Crippen LogP contribution in [0.1, 0.15) is 61.8 Å². The molecule has 28 heavy (non-hydrogen) atoms. The van der Waals surface area contributed by atoms with E-state index >= 15 is 0 Å². The van der Waals surface area contributed by atoms with Crippen molar-refractivity contribution in [2.75, 3.05) is 0 Å². The number of nitriles is 1. The van der Waals surface area contributed by atoms with E-state index in [1.807, 2.05) is 25.1 Å². The van der Waals surface area contributed by atoms with E-state index in [-0.39, 0.29) is 18.0 Å². The number of carbonyl (C=O) groups is 1. The molecule has 1 fully saturated rings. The Balaban J connectivity index is 1.77. The summed E-state index contributed by atoms with van der Waals surface area (Å²) < 4.78 is 0. The van der Waals surface area contributed by atoms with E-state index in [2.05, 4.69) is 60.0 Å². The Bertz CT molecular complexity index is 817. The zero-order chi connectivity index (χ0) is 20.0. The van der Waals surface area contributed by atoms with Crippen LogP contribution in [0.2, 0.25) is 0 Å². The highest BCUT2D eigenvalue weighted by Crippen LogP contribution is 2.27. The summed E-state index contributed by atoms with van der Waals surface area (Å²) >= 11 is 0. The largest absolute Gasteiger partial charge is 0.333 e. The van der Waals surface area contributed by atoms with Gasteiger partial charge in [0, 0.05) is 11.1 Å². The van der Waals surface area contributed by atoms with Crippen LogP contribution < -0.4 is 10.6 Å². The number of amides is 1. The molecule has 0 heterocycles. The maximum atomic E-state index is 12.9. The third-order valence-corrected chi connectivity index (χ3v) is 5.77. The van der Waals surface area contributed by atoms with Crippen molar-refractivity contribution >= 4 is 5.91 Å². The van der Waals surface area contributed by atoms with E-state index in [1.165, 1.54) is 16.7 Å². The third kappa shape index (κ3) is 4.79. The van der Waals surface area contributed by atoms with E-state index in [0.717, 1.165) is 32.1 Å². The minimum atomic E-state index is -0.691. The Morgan fingerprint density at radius 1 is 1.04 bits per heavy atom. The lowest BCUT2D eigenvalue weighted by Crippen LogP contribution is -2.93. The summed E-state index contributed by atoms with van der Waals surface area (Å²) in [6.07, 6.45) is 4.65. The summed E-state index contributed by atoms with van der Waals surface area (Å²) in [5.74, 6) is -0.0588. The molecule has 0 saturated heterocycles. The minimum Gasteiger partial charge on any atom is -0.333 e. The number of nitrogens with zero attached hydrogens (tertiary/aromatic N) is 1. The Morgan fingerprint density at radius 2 is 1.64 bits per heavy atom. The van der Waals surface area contributed by atoms with Crippen LogP contribution in [0.25, 0.3) is 0 Å². The molecule has 0 unspecified atom stereocenters. The normalized spacial score (nSPS) is 17.9. The first-order valence-corrected chi connectivity index (χ1v) is 10.2. The molecule has 3 rings (SSSR count). The molecular weight excluding hydrogens is 346 g/mol. The molecule has 2 atom stereocenters. The van der Waals surface area contributed by atoms with Gasteiger partial charge in [-0.15, -0.1) is 0 Å². The molecule has 0 bridgehead atoms. The van der Waals surface area contributed by atoms with Crippen molar-refractivity contribution in [3.63, 3.8) is 0 Å². The smallest absolute Gasteiger partial charge is 0.279 e. The van der Waals surface area contributed by atoms with Gasteiger partial charge in [-0.05, 0) is 26.7 Å². The molecule has 0 aromatic heterocycles. The second-order valence-electron chi connectivity index (χ2n) is 8.02. The van der Waals surface area contributed by atoms with Crippen LogP contribution in [-0.4, -0.2) is 17.5 Å². The molecule has 0 radical (unpaired) electrons. The van der Waals surface area contributed by atoms with Gasteiger partial charge in [0.05, 0.1) is 6.07 Å². The SMILES string of the molecule is Cc1ccc([C@H]([NH2+][C@@H](C)C(=O)NC2(C#N)CCCCC2)c2ccccc2)cc1. The lowest BCUT2D eigenvalue weighted by molar-refractivity contribution is -0.704. The van der Waals surface area contributed by atoms with Gasteiger partial charge in [0.1, 0.15) is 11.6 Å². The van der Waals surface area contributed by atoms with E-state index in [9.17, 15) is 10.1 Å². The van der Waals surface area contributed by atoms with E-state index in [0.29, 0.717) is 0 Å². The van der Waals surface area contributed by atoms with Crippen molar-refractivity contribution in [1.29, 1.82) is 5.26 Å². The summed E-state index contributed by atoms with van der Waals surface area (Å²) in [6, 6.07) is 20.9. The molecular formula is C24H30N3O+. The molecule has 1 aliphatic rings. The molecule has 4 nitrogen and oxygen atoms in total. The number of nitrogens with two attached hydrogens (primary N) is 1. The van der Waals surface area contributed by atoms with Gasteiger partial charge < -0.3 is 10.6 Å². The van der Waals surface area contributed by atoms with Crippen LogP contribution in [-0.2, 0) is 4.79 Å². The second kappa shape index (κ2) is 9.03. The van der Waals surface area contributed by atoms with Crippen molar-refractivity contribution in [1.82, 2.24) is 5.32 Å². The summed E-state index contributed by atoms with van der Waals surface area (Å²) in [5, 5.41) is 14.8. The van der Waals surface area contributed by atoms with Crippen LogP contribution in [0.3, 0.4) is 0 Å². The van der Waals surface area contributed by atoms with Crippen LogP contribution in [0, 0.1) is 18.3 Å². The third-order valence-electron chi connectivity index (χ3n) is 5.77. The fourth-order valence-corrected chi connectivity index (χ4v) is 3.99. The van der Waals surface area contributed by atoms with Crippen LogP contribution in [0.4, 0.5) is 0 Å². The van der Waals surface area contributed by atoms with E-state index in [1.54, 1.807) is 0 Å². The van der Waals surface area contributed by atoms with Gasteiger partial charge in [-0.25, -0.2) is 0 Å².